The zero-order chi connectivity index (χ0) is 13.1. The maximum absolute atomic E-state index is 9.62. The van der Waals surface area contributed by atoms with Crippen molar-refractivity contribution in [3.8, 4) is 0 Å². The number of aliphatic hydroxyl groups excluding tert-OH is 1. The van der Waals surface area contributed by atoms with E-state index >= 15 is 0 Å². The van der Waals surface area contributed by atoms with E-state index in [1.54, 1.807) is 0 Å². The standard InChI is InChI=1S/C15H24N2O/c1-11(13-3-5-15(16)6-4-13)17-9-7-14(8-10-17)12(2)18/h3-6,11-12,14,18H,7-10,16H2,1-2H3. The third-order valence-electron chi connectivity index (χ3n) is 4.22. The lowest BCUT2D eigenvalue weighted by atomic mass is 9.91. The van der Waals surface area contributed by atoms with E-state index in [1.165, 1.54) is 5.56 Å². The van der Waals surface area contributed by atoms with Gasteiger partial charge >= 0.3 is 0 Å². The largest absolute Gasteiger partial charge is 0.399 e. The molecule has 1 aromatic carbocycles. The van der Waals surface area contributed by atoms with E-state index in [0.717, 1.165) is 31.6 Å². The molecule has 1 aliphatic heterocycles. The van der Waals surface area contributed by atoms with Gasteiger partial charge in [-0.2, -0.15) is 0 Å². The molecule has 1 aromatic rings. The maximum atomic E-state index is 9.62. The summed E-state index contributed by atoms with van der Waals surface area (Å²) in [5.74, 6) is 0.472. The van der Waals surface area contributed by atoms with Gasteiger partial charge in [0.05, 0.1) is 6.10 Å². The highest BCUT2D eigenvalue weighted by atomic mass is 16.3. The summed E-state index contributed by atoms with van der Waals surface area (Å²) in [5.41, 5.74) is 7.85. The van der Waals surface area contributed by atoms with Gasteiger partial charge in [0, 0.05) is 11.7 Å². The Morgan fingerprint density at radius 3 is 2.22 bits per heavy atom. The van der Waals surface area contributed by atoms with Crippen LogP contribution < -0.4 is 5.73 Å². The molecular formula is C15H24N2O. The molecule has 100 valence electrons. The zero-order valence-electron chi connectivity index (χ0n) is 11.3. The van der Waals surface area contributed by atoms with E-state index in [9.17, 15) is 5.11 Å². The van der Waals surface area contributed by atoms with Crippen molar-refractivity contribution in [2.75, 3.05) is 18.8 Å². The Labute approximate surface area is 110 Å². The SMILES string of the molecule is CC(O)C1CCN(C(C)c2ccc(N)cc2)CC1. The van der Waals surface area contributed by atoms with E-state index in [1.807, 2.05) is 19.1 Å². The number of likely N-dealkylation sites (tertiary alicyclic amines) is 1. The highest BCUT2D eigenvalue weighted by Gasteiger charge is 2.25. The lowest BCUT2D eigenvalue weighted by molar-refractivity contribution is 0.0586. The van der Waals surface area contributed by atoms with Gasteiger partial charge in [0.15, 0.2) is 0 Å². The second-order valence-electron chi connectivity index (χ2n) is 5.46. The number of benzene rings is 1. The van der Waals surface area contributed by atoms with E-state index in [0.29, 0.717) is 12.0 Å². The van der Waals surface area contributed by atoms with Gasteiger partial charge in [-0.15, -0.1) is 0 Å². The summed E-state index contributed by atoms with van der Waals surface area (Å²) in [6.45, 7) is 6.29. The number of nitrogen functional groups attached to an aromatic ring is 1. The van der Waals surface area contributed by atoms with Crippen molar-refractivity contribution in [3.63, 3.8) is 0 Å². The van der Waals surface area contributed by atoms with Crippen molar-refractivity contribution in [1.82, 2.24) is 4.90 Å². The van der Waals surface area contributed by atoms with Crippen molar-refractivity contribution >= 4 is 5.69 Å². The molecule has 0 radical (unpaired) electrons. The Morgan fingerprint density at radius 1 is 1.17 bits per heavy atom. The predicted octanol–water partition coefficient (Wildman–Crippen LogP) is 2.42. The van der Waals surface area contributed by atoms with Gasteiger partial charge in [0.25, 0.3) is 0 Å². The summed E-state index contributed by atoms with van der Waals surface area (Å²) in [4.78, 5) is 2.49. The summed E-state index contributed by atoms with van der Waals surface area (Å²) < 4.78 is 0. The van der Waals surface area contributed by atoms with Gasteiger partial charge in [-0.1, -0.05) is 12.1 Å². The fraction of sp³-hybridized carbons (Fsp3) is 0.600. The monoisotopic (exact) mass is 248 g/mol. The molecule has 1 heterocycles. The fourth-order valence-corrected chi connectivity index (χ4v) is 2.77. The van der Waals surface area contributed by atoms with E-state index in [4.69, 9.17) is 5.73 Å². The van der Waals surface area contributed by atoms with E-state index in [-0.39, 0.29) is 6.10 Å². The number of hydrogen-bond donors (Lipinski definition) is 2. The quantitative estimate of drug-likeness (QED) is 0.808. The number of piperidine rings is 1. The van der Waals surface area contributed by atoms with Crippen molar-refractivity contribution < 1.29 is 5.11 Å². The molecule has 2 unspecified atom stereocenters. The molecule has 1 saturated heterocycles. The van der Waals surface area contributed by atoms with Crippen LogP contribution in [0.2, 0.25) is 0 Å². The Kier molecular flexibility index (Phi) is 4.25. The third-order valence-corrected chi connectivity index (χ3v) is 4.22. The van der Waals surface area contributed by atoms with Crippen molar-refractivity contribution in [2.24, 2.45) is 5.92 Å². The van der Waals surface area contributed by atoms with Crippen LogP contribution in [0.4, 0.5) is 5.69 Å². The van der Waals surface area contributed by atoms with Gasteiger partial charge in [-0.3, -0.25) is 4.90 Å². The number of nitrogens with two attached hydrogens (primary N) is 1. The summed E-state index contributed by atoms with van der Waals surface area (Å²) in [7, 11) is 0. The van der Waals surface area contributed by atoms with Crippen LogP contribution in [-0.2, 0) is 0 Å². The summed E-state index contributed by atoms with van der Waals surface area (Å²) >= 11 is 0. The molecule has 0 spiro atoms. The van der Waals surface area contributed by atoms with Crippen LogP contribution in [0.5, 0.6) is 0 Å². The minimum atomic E-state index is -0.168. The zero-order valence-corrected chi connectivity index (χ0v) is 11.3. The first-order chi connectivity index (χ1) is 8.58. The van der Waals surface area contributed by atoms with Crippen LogP contribution in [-0.4, -0.2) is 29.2 Å². The number of aliphatic hydroxyl groups is 1. The lowest BCUT2D eigenvalue weighted by Gasteiger charge is -2.37. The second-order valence-corrected chi connectivity index (χ2v) is 5.46. The molecule has 0 aliphatic carbocycles. The van der Waals surface area contributed by atoms with Gasteiger partial charge in [0.2, 0.25) is 0 Å². The minimum absolute atomic E-state index is 0.168. The van der Waals surface area contributed by atoms with Crippen LogP contribution in [0.3, 0.4) is 0 Å². The van der Waals surface area contributed by atoms with Gasteiger partial charge in [0.1, 0.15) is 0 Å². The van der Waals surface area contributed by atoms with Crippen LogP contribution in [0.1, 0.15) is 38.3 Å². The summed E-state index contributed by atoms with van der Waals surface area (Å²) in [5, 5.41) is 9.62. The average molecular weight is 248 g/mol. The number of rotatable bonds is 3. The van der Waals surface area contributed by atoms with Crippen molar-refractivity contribution in [2.45, 2.75) is 38.8 Å². The van der Waals surface area contributed by atoms with Gasteiger partial charge in [-0.05, 0) is 63.4 Å². The third kappa shape index (κ3) is 3.03. The van der Waals surface area contributed by atoms with Gasteiger partial charge < -0.3 is 10.8 Å². The first-order valence-corrected chi connectivity index (χ1v) is 6.85. The molecule has 0 bridgehead atoms. The summed E-state index contributed by atoms with van der Waals surface area (Å²) in [6, 6.07) is 8.59. The van der Waals surface area contributed by atoms with E-state index < -0.39 is 0 Å². The summed E-state index contributed by atoms with van der Waals surface area (Å²) in [6.07, 6.45) is 2.02. The Hall–Kier alpha value is -1.06. The molecular weight excluding hydrogens is 224 g/mol. The Bertz CT molecular complexity index is 367. The van der Waals surface area contributed by atoms with Gasteiger partial charge in [-0.25, -0.2) is 0 Å². The smallest absolute Gasteiger partial charge is 0.0541 e. The molecule has 3 nitrogen and oxygen atoms in total. The highest BCUT2D eigenvalue weighted by Crippen LogP contribution is 2.28. The predicted molar refractivity (Wildman–Crippen MR) is 75.2 cm³/mol. The minimum Gasteiger partial charge on any atom is -0.399 e. The fourth-order valence-electron chi connectivity index (χ4n) is 2.77. The molecule has 0 saturated carbocycles. The first-order valence-electron chi connectivity index (χ1n) is 6.85. The lowest BCUT2D eigenvalue weighted by Crippen LogP contribution is -2.38. The molecule has 3 heteroatoms. The molecule has 2 atom stereocenters. The molecule has 0 amide bonds. The first kappa shape index (κ1) is 13.4. The molecule has 18 heavy (non-hydrogen) atoms. The second kappa shape index (κ2) is 5.72. The highest BCUT2D eigenvalue weighted by molar-refractivity contribution is 5.40. The van der Waals surface area contributed by atoms with Crippen LogP contribution >= 0.6 is 0 Å². The molecule has 3 N–H and O–H groups in total. The normalized spacial score (nSPS) is 21.7. The van der Waals surface area contributed by atoms with Crippen LogP contribution in [0.25, 0.3) is 0 Å². The number of hydrogen-bond acceptors (Lipinski definition) is 3. The number of nitrogens with zero attached hydrogens (tertiary/aromatic N) is 1. The average Bonchev–Trinajstić information content (AvgIpc) is 2.39. The Balaban J connectivity index is 1.95. The Morgan fingerprint density at radius 2 is 1.72 bits per heavy atom. The molecule has 2 rings (SSSR count). The molecule has 1 fully saturated rings. The maximum Gasteiger partial charge on any atom is 0.0541 e. The van der Waals surface area contributed by atoms with Crippen molar-refractivity contribution in [3.05, 3.63) is 29.8 Å². The van der Waals surface area contributed by atoms with Crippen LogP contribution in [0, 0.1) is 5.92 Å². The molecule has 1 aliphatic rings. The topological polar surface area (TPSA) is 49.5 Å². The molecule has 0 aromatic heterocycles. The van der Waals surface area contributed by atoms with E-state index in [2.05, 4.69) is 24.0 Å². The van der Waals surface area contributed by atoms with Crippen LogP contribution in [0.15, 0.2) is 24.3 Å². The number of anilines is 1. The van der Waals surface area contributed by atoms with Crippen molar-refractivity contribution in [1.29, 1.82) is 0 Å².